The van der Waals surface area contributed by atoms with Crippen LogP contribution in [0, 0.1) is 0 Å². The molecule has 2 unspecified atom stereocenters. The molecule has 2 atom stereocenters. The van der Waals surface area contributed by atoms with Gasteiger partial charge in [0.25, 0.3) is 0 Å². The number of halogens is 1. The van der Waals surface area contributed by atoms with E-state index in [1.807, 2.05) is 18.4 Å². The molecule has 2 fully saturated rings. The van der Waals surface area contributed by atoms with E-state index in [1.54, 1.807) is 0 Å². The summed E-state index contributed by atoms with van der Waals surface area (Å²) in [7, 11) is 1.83. The highest BCUT2D eigenvalue weighted by Gasteiger charge is 2.24. The lowest BCUT2D eigenvalue weighted by atomic mass is 10.2. The first-order valence-electron chi connectivity index (χ1n) is 8.70. The van der Waals surface area contributed by atoms with Crippen LogP contribution in [0.1, 0.15) is 36.6 Å². The molecule has 2 aliphatic rings. The summed E-state index contributed by atoms with van der Waals surface area (Å²) in [6, 6.07) is 4.84. The van der Waals surface area contributed by atoms with Crippen molar-refractivity contribution >= 4 is 41.3 Å². The third-order valence-electron chi connectivity index (χ3n) is 4.66. The average Bonchev–Trinajstić information content (AvgIpc) is 3.34. The summed E-state index contributed by atoms with van der Waals surface area (Å²) in [5.74, 6) is 0.876. The topological polar surface area (TPSA) is 48.9 Å². The number of nitrogens with zero attached hydrogens (tertiary/aromatic N) is 2. The Kier molecular flexibility index (Phi) is 8.79. The van der Waals surface area contributed by atoms with Gasteiger partial charge in [0.15, 0.2) is 5.96 Å². The monoisotopic (exact) mass is 464 g/mol. The molecule has 2 aliphatic heterocycles. The first-order valence-corrected chi connectivity index (χ1v) is 9.58. The molecule has 0 aromatic carbocycles. The predicted molar refractivity (Wildman–Crippen MR) is 112 cm³/mol. The quantitative estimate of drug-likeness (QED) is 0.386. The molecule has 3 rings (SSSR count). The fraction of sp³-hybridized carbons (Fsp3) is 0.706. The highest BCUT2D eigenvalue weighted by Crippen LogP contribution is 2.27. The fourth-order valence-electron chi connectivity index (χ4n) is 3.37. The zero-order chi connectivity index (χ0) is 15.9. The Morgan fingerprint density at radius 1 is 1.38 bits per heavy atom. The summed E-state index contributed by atoms with van der Waals surface area (Å²) in [6.45, 7) is 5.03. The Balaban J connectivity index is 0.00000208. The third-order valence-corrected chi connectivity index (χ3v) is 5.63. The largest absolute Gasteiger partial charge is 0.376 e. The van der Waals surface area contributed by atoms with Crippen molar-refractivity contribution < 1.29 is 4.74 Å². The van der Waals surface area contributed by atoms with Crippen LogP contribution in [0.25, 0.3) is 0 Å². The molecule has 3 heterocycles. The lowest BCUT2D eigenvalue weighted by molar-refractivity contribution is 0.113. The summed E-state index contributed by atoms with van der Waals surface area (Å²) in [5, 5.41) is 9.08. The van der Waals surface area contributed by atoms with Gasteiger partial charge in [-0.1, -0.05) is 6.07 Å². The van der Waals surface area contributed by atoms with Crippen LogP contribution in [-0.4, -0.2) is 56.8 Å². The minimum absolute atomic E-state index is 0. The van der Waals surface area contributed by atoms with E-state index in [1.165, 1.54) is 37.2 Å². The van der Waals surface area contributed by atoms with Crippen LogP contribution in [0.2, 0.25) is 0 Å². The van der Waals surface area contributed by atoms with E-state index < -0.39 is 0 Å². The Bertz CT molecular complexity index is 485. The molecule has 7 heteroatoms. The molecule has 1 aromatic heterocycles. The van der Waals surface area contributed by atoms with Crippen molar-refractivity contribution in [2.75, 3.05) is 39.8 Å². The number of hydrogen-bond donors (Lipinski definition) is 2. The second-order valence-corrected chi connectivity index (χ2v) is 7.22. The van der Waals surface area contributed by atoms with E-state index in [4.69, 9.17) is 4.74 Å². The molecule has 2 saturated heterocycles. The van der Waals surface area contributed by atoms with Crippen molar-refractivity contribution in [2.24, 2.45) is 4.99 Å². The second-order valence-electron chi connectivity index (χ2n) is 6.24. The van der Waals surface area contributed by atoms with Crippen LogP contribution in [-0.2, 0) is 4.74 Å². The van der Waals surface area contributed by atoms with Gasteiger partial charge in [0.2, 0.25) is 0 Å². The number of ether oxygens (including phenoxy) is 1. The van der Waals surface area contributed by atoms with Crippen LogP contribution in [0.15, 0.2) is 22.5 Å². The van der Waals surface area contributed by atoms with Crippen molar-refractivity contribution in [2.45, 2.75) is 37.8 Å². The van der Waals surface area contributed by atoms with Crippen LogP contribution >= 0.6 is 35.3 Å². The standard InChI is InChI=1S/C17H28N4OS.HI/c1-18-17(19-12-14-6-4-10-22-14)20-13-15(16-7-5-11-23-16)21-8-2-3-9-21;/h5,7,11,14-15H,2-4,6,8-10,12-13H2,1H3,(H2,18,19,20);1H. The van der Waals surface area contributed by atoms with Crippen LogP contribution in [0.3, 0.4) is 0 Å². The van der Waals surface area contributed by atoms with Crippen LogP contribution in [0.5, 0.6) is 0 Å². The van der Waals surface area contributed by atoms with E-state index in [9.17, 15) is 0 Å². The molecule has 0 bridgehead atoms. The van der Waals surface area contributed by atoms with E-state index in [2.05, 4.69) is 38.0 Å². The van der Waals surface area contributed by atoms with Gasteiger partial charge in [0.05, 0.1) is 12.1 Å². The maximum absolute atomic E-state index is 5.66. The summed E-state index contributed by atoms with van der Waals surface area (Å²) in [6.07, 6.45) is 5.28. The summed E-state index contributed by atoms with van der Waals surface area (Å²) in [5.41, 5.74) is 0. The molecule has 0 aliphatic carbocycles. The zero-order valence-electron chi connectivity index (χ0n) is 14.4. The molecule has 0 saturated carbocycles. The minimum Gasteiger partial charge on any atom is -0.376 e. The molecule has 2 N–H and O–H groups in total. The molecule has 24 heavy (non-hydrogen) atoms. The van der Waals surface area contributed by atoms with Gasteiger partial charge in [0, 0.05) is 31.6 Å². The van der Waals surface area contributed by atoms with E-state index in [0.29, 0.717) is 12.1 Å². The normalized spacial score (nSPS) is 23.0. The number of rotatable bonds is 6. The van der Waals surface area contributed by atoms with Gasteiger partial charge in [-0.25, -0.2) is 0 Å². The molecule has 1 aromatic rings. The first kappa shape index (κ1) is 19.9. The summed E-state index contributed by atoms with van der Waals surface area (Å²) < 4.78 is 5.66. The highest BCUT2D eigenvalue weighted by atomic mass is 127. The number of guanidine groups is 1. The smallest absolute Gasteiger partial charge is 0.191 e. The predicted octanol–water partition coefficient (Wildman–Crippen LogP) is 2.85. The Morgan fingerprint density at radius 2 is 2.21 bits per heavy atom. The van der Waals surface area contributed by atoms with Crippen LogP contribution in [0.4, 0.5) is 0 Å². The molecular weight excluding hydrogens is 435 g/mol. The van der Waals surface area contributed by atoms with Gasteiger partial charge in [0.1, 0.15) is 0 Å². The van der Waals surface area contributed by atoms with Crippen molar-refractivity contribution in [3.05, 3.63) is 22.4 Å². The van der Waals surface area contributed by atoms with Crippen molar-refractivity contribution in [1.29, 1.82) is 0 Å². The molecule has 0 radical (unpaired) electrons. The molecule has 0 spiro atoms. The zero-order valence-corrected chi connectivity index (χ0v) is 17.5. The van der Waals surface area contributed by atoms with E-state index in [0.717, 1.165) is 32.1 Å². The number of likely N-dealkylation sites (tertiary alicyclic amines) is 1. The van der Waals surface area contributed by atoms with E-state index >= 15 is 0 Å². The maximum Gasteiger partial charge on any atom is 0.191 e. The average molecular weight is 464 g/mol. The first-order chi connectivity index (χ1) is 11.4. The number of hydrogen-bond acceptors (Lipinski definition) is 4. The number of nitrogens with one attached hydrogen (secondary N) is 2. The molecule has 5 nitrogen and oxygen atoms in total. The Morgan fingerprint density at radius 3 is 2.83 bits per heavy atom. The Labute approximate surface area is 166 Å². The van der Waals surface area contributed by atoms with Gasteiger partial charge < -0.3 is 15.4 Å². The molecular formula is C17H29IN4OS. The van der Waals surface area contributed by atoms with Crippen molar-refractivity contribution in [3.8, 4) is 0 Å². The third kappa shape index (κ3) is 5.57. The van der Waals surface area contributed by atoms with Gasteiger partial charge in [-0.05, 0) is 50.2 Å². The van der Waals surface area contributed by atoms with Gasteiger partial charge in [-0.2, -0.15) is 0 Å². The Hall–Kier alpha value is -0.380. The molecule has 0 amide bonds. The van der Waals surface area contributed by atoms with Gasteiger partial charge >= 0.3 is 0 Å². The van der Waals surface area contributed by atoms with Crippen molar-refractivity contribution in [3.63, 3.8) is 0 Å². The fourth-order valence-corrected chi connectivity index (χ4v) is 4.23. The SMILES string of the molecule is CN=C(NCC1CCCO1)NCC(c1cccs1)N1CCCC1.I. The minimum atomic E-state index is 0. The maximum atomic E-state index is 5.66. The summed E-state index contributed by atoms with van der Waals surface area (Å²) in [4.78, 5) is 8.38. The van der Waals surface area contributed by atoms with Crippen molar-refractivity contribution in [1.82, 2.24) is 15.5 Å². The second kappa shape index (κ2) is 10.6. The van der Waals surface area contributed by atoms with Crippen LogP contribution < -0.4 is 10.6 Å². The van der Waals surface area contributed by atoms with Gasteiger partial charge in [-0.15, -0.1) is 35.3 Å². The molecule has 136 valence electrons. The van der Waals surface area contributed by atoms with E-state index in [-0.39, 0.29) is 24.0 Å². The lowest BCUT2D eigenvalue weighted by Gasteiger charge is -2.27. The van der Waals surface area contributed by atoms with Gasteiger partial charge in [-0.3, -0.25) is 9.89 Å². The highest BCUT2D eigenvalue weighted by molar-refractivity contribution is 14.0. The number of thiophene rings is 1. The lowest BCUT2D eigenvalue weighted by Crippen LogP contribution is -2.44. The summed E-state index contributed by atoms with van der Waals surface area (Å²) >= 11 is 1.85. The number of aliphatic imine (C=N–C) groups is 1.